The van der Waals surface area contributed by atoms with Crippen LogP contribution in [0.4, 0.5) is 13.2 Å². The van der Waals surface area contributed by atoms with E-state index in [2.05, 4.69) is 21.6 Å². The average Bonchev–Trinajstić information content (AvgIpc) is 2.85. The molecule has 4 rings (SSSR count). The van der Waals surface area contributed by atoms with Gasteiger partial charge < -0.3 is 4.74 Å². The number of aromatic nitrogens is 2. The molecule has 0 aliphatic carbocycles. The number of hydrogen-bond acceptors (Lipinski definition) is 3. The zero-order chi connectivity index (χ0) is 23.9. The number of aryl methyl sites for hydroxylation is 3. The number of benzene rings is 3. The molecule has 34 heavy (non-hydrogen) atoms. The van der Waals surface area contributed by atoms with Crippen molar-refractivity contribution < 1.29 is 17.9 Å². The maximum atomic E-state index is 15.2. The van der Waals surface area contributed by atoms with Crippen molar-refractivity contribution in [2.75, 3.05) is 0 Å². The first-order valence-electron chi connectivity index (χ1n) is 11.6. The molecule has 4 aromatic rings. The van der Waals surface area contributed by atoms with Gasteiger partial charge in [-0.25, -0.2) is 14.4 Å². The SMILES string of the molecule is CCCCCc1cnc(-c2ccc3c(F)c(CCc4ccc(OC(F)F)cc4)ccc3c2)nc1. The Kier molecular flexibility index (Phi) is 7.78. The first-order valence-corrected chi connectivity index (χ1v) is 11.6. The Morgan fingerprint density at radius 2 is 1.59 bits per heavy atom. The summed E-state index contributed by atoms with van der Waals surface area (Å²) in [4.78, 5) is 9.01. The molecule has 0 atom stereocenters. The van der Waals surface area contributed by atoms with E-state index in [1.807, 2.05) is 30.6 Å². The van der Waals surface area contributed by atoms with Crippen LogP contribution in [0.25, 0.3) is 22.2 Å². The lowest BCUT2D eigenvalue weighted by atomic mass is 9.99. The number of rotatable bonds is 10. The summed E-state index contributed by atoms with van der Waals surface area (Å²) in [5.41, 5.74) is 3.52. The zero-order valence-corrected chi connectivity index (χ0v) is 19.1. The highest BCUT2D eigenvalue weighted by Crippen LogP contribution is 2.27. The van der Waals surface area contributed by atoms with E-state index < -0.39 is 6.61 Å². The van der Waals surface area contributed by atoms with Crippen molar-refractivity contribution in [1.82, 2.24) is 9.97 Å². The Hall–Kier alpha value is -3.41. The van der Waals surface area contributed by atoms with Crippen molar-refractivity contribution in [3.8, 4) is 17.1 Å². The molecule has 0 aliphatic rings. The summed E-state index contributed by atoms with van der Waals surface area (Å²) in [7, 11) is 0. The third kappa shape index (κ3) is 5.93. The summed E-state index contributed by atoms with van der Waals surface area (Å²) in [5, 5.41) is 1.35. The summed E-state index contributed by atoms with van der Waals surface area (Å²) in [6.07, 6.45) is 9.33. The molecule has 0 fully saturated rings. The molecule has 176 valence electrons. The fraction of sp³-hybridized carbons (Fsp3) is 0.286. The molecule has 0 bridgehead atoms. The molecule has 0 radical (unpaired) electrons. The molecule has 6 heteroatoms. The fourth-order valence-electron chi connectivity index (χ4n) is 4.00. The van der Waals surface area contributed by atoms with Crippen LogP contribution in [-0.4, -0.2) is 16.6 Å². The van der Waals surface area contributed by atoms with E-state index in [-0.39, 0.29) is 11.6 Å². The van der Waals surface area contributed by atoms with Crippen molar-refractivity contribution in [2.24, 2.45) is 0 Å². The Bertz CT molecular complexity index is 1230. The first kappa shape index (κ1) is 23.7. The van der Waals surface area contributed by atoms with Gasteiger partial charge in [0.25, 0.3) is 0 Å². The van der Waals surface area contributed by atoms with Gasteiger partial charge in [-0.3, -0.25) is 0 Å². The van der Waals surface area contributed by atoms with E-state index in [4.69, 9.17) is 0 Å². The third-order valence-corrected chi connectivity index (χ3v) is 5.90. The molecule has 0 N–H and O–H groups in total. The molecular formula is C28H27F3N2O. The van der Waals surface area contributed by atoms with Crippen LogP contribution in [0.15, 0.2) is 67.0 Å². The number of alkyl halides is 2. The van der Waals surface area contributed by atoms with E-state index in [1.54, 1.807) is 24.3 Å². The van der Waals surface area contributed by atoms with E-state index in [9.17, 15) is 8.78 Å². The Morgan fingerprint density at radius 3 is 2.29 bits per heavy atom. The Labute approximate surface area is 197 Å². The van der Waals surface area contributed by atoms with Crippen LogP contribution < -0.4 is 4.74 Å². The van der Waals surface area contributed by atoms with Gasteiger partial charge in [-0.15, -0.1) is 0 Å². The normalized spacial score (nSPS) is 11.3. The number of halogens is 3. The largest absolute Gasteiger partial charge is 0.435 e. The molecule has 0 saturated heterocycles. The maximum absolute atomic E-state index is 15.2. The van der Waals surface area contributed by atoms with Crippen LogP contribution in [0.2, 0.25) is 0 Å². The van der Waals surface area contributed by atoms with Crippen LogP contribution in [0.5, 0.6) is 5.75 Å². The van der Waals surface area contributed by atoms with Crippen molar-refractivity contribution in [3.05, 3.63) is 89.5 Å². The maximum Gasteiger partial charge on any atom is 0.387 e. The minimum atomic E-state index is -2.85. The second-order valence-corrected chi connectivity index (χ2v) is 8.37. The second-order valence-electron chi connectivity index (χ2n) is 8.37. The van der Waals surface area contributed by atoms with Gasteiger partial charge in [0.15, 0.2) is 5.82 Å². The van der Waals surface area contributed by atoms with Gasteiger partial charge in [-0.05, 0) is 66.0 Å². The summed E-state index contributed by atoms with van der Waals surface area (Å²) < 4.78 is 44.1. The second kappa shape index (κ2) is 11.1. The molecule has 3 aromatic carbocycles. The average molecular weight is 465 g/mol. The number of nitrogens with zero attached hydrogens (tertiary/aromatic N) is 2. The van der Waals surface area contributed by atoms with Gasteiger partial charge in [0, 0.05) is 23.3 Å². The summed E-state index contributed by atoms with van der Waals surface area (Å²) in [6, 6.07) is 15.7. The first-order chi connectivity index (χ1) is 16.5. The molecule has 1 heterocycles. The van der Waals surface area contributed by atoms with Crippen molar-refractivity contribution in [3.63, 3.8) is 0 Å². The molecule has 0 amide bonds. The van der Waals surface area contributed by atoms with Crippen LogP contribution in [0.3, 0.4) is 0 Å². The highest BCUT2D eigenvalue weighted by molar-refractivity contribution is 5.87. The number of ether oxygens (including phenoxy) is 1. The molecule has 0 aliphatic heterocycles. The third-order valence-electron chi connectivity index (χ3n) is 5.90. The highest BCUT2D eigenvalue weighted by atomic mass is 19.3. The summed E-state index contributed by atoms with van der Waals surface area (Å²) >= 11 is 0. The number of hydrogen-bond donors (Lipinski definition) is 0. The minimum absolute atomic E-state index is 0.113. The van der Waals surface area contributed by atoms with Crippen LogP contribution >= 0.6 is 0 Å². The van der Waals surface area contributed by atoms with Crippen molar-refractivity contribution >= 4 is 10.8 Å². The van der Waals surface area contributed by atoms with Crippen LogP contribution in [0, 0.1) is 5.82 Å². The van der Waals surface area contributed by atoms with Gasteiger partial charge in [0.2, 0.25) is 0 Å². The van der Waals surface area contributed by atoms with Crippen LogP contribution in [-0.2, 0) is 19.3 Å². The van der Waals surface area contributed by atoms with Gasteiger partial charge in [0.1, 0.15) is 11.6 Å². The molecule has 3 nitrogen and oxygen atoms in total. The molecule has 0 unspecified atom stereocenters. The molecule has 0 spiro atoms. The Balaban J connectivity index is 1.45. The standard InChI is InChI=1S/C28H27F3N2O/c1-2-3-4-5-20-17-32-27(33-18-20)23-12-15-25-22(16-23)11-10-21(26(25)29)9-6-19-7-13-24(14-8-19)34-28(30)31/h7-8,10-18,28H,2-6,9H2,1H3. The molecule has 0 saturated carbocycles. The zero-order valence-electron chi connectivity index (χ0n) is 19.1. The smallest absolute Gasteiger partial charge is 0.387 e. The summed E-state index contributed by atoms with van der Waals surface area (Å²) in [5.74, 6) is 0.500. The predicted molar refractivity (Wildman–Crippen MR) is 129 cm³/mol. The fourth-order valence-corrected chi connectivity index (χ4v) is 4.00. The van der Waals surface area contributed by atoms with Gasteiger partial charge in [-0.1, -0.05) is 56.2 Å². The lowest BCUT2D eigenvalue weighted by molar-refractivity contribution is -0.0498. The van der Waals surface area contributed by atoms with Crippen molar-refractivity contribution in [1.29, 1.82) is 0 Å². The van der Waals surface area contributed by atoms with E-state index in [1.165, 1.54) is 25.0 Å². The quantitative estimate of drug-likeness (QED) is 0.227. The van der Waals surface area contributed by atoms with Gasteiger partial charge >= 0.3 is 6.61 Å². The van der Waals surface area contributed by atoms with E-state index in [0.29, 0.717) is 29.6 Å². The highest BCUT2D eigenvalue weighted by Gasteiger charge is 2.11. The number of unbranched alkanes of at least 4 members (excludes halogenated alkanes) is 2. The monoisotopic (exact) mass is 464 g/mol. The van der Waals surface area contributed by atoms with E-state index >= 15 is 4.39 Å². The van der Waals surface area contributed by atoms with Crippen LogP contribution in [0.1, 0.15) is 42.9 Å². The Morgan fingerprint density at radius 1 is 0.824 bits per heavy atom. The minimum Gasteiger partial charge on any atom is -0.435 e. The van der Waals surface area contributed by atoms with Gasteiger partial charge in [-0.2, -0.15) is 8.78 Å². The lowest BCUT2D eigenvalue weighted by Crippen LogP contribution is -2.02. The molecular weight excluding hydrogens is 437 g/mol. The molecule has 1 aromatic heterocycles. The number of fused-ring (bicyclic) bond motifs is 1. The predicted octanol–water partition coefficient (Wildman–Crippen LogP) is 7.56. The van der Waals surface area contributed by atoms with Gasteiger partial charge in [0.05, 0.1) is 0 Å². The van der Waals surface area contributed by atoms with Crippen molar-refractivity contribution in [2.45, 2.75) is 52.1 Å². The topological polar surface area (TPSA) is 35.0 Å². The summed E-state index contributed by atoms with van der Waals surface area (Å²) in [6.45, 7) is -0.667. The van der Waals surface area contributed by atoms with E-state index in [0.717, 1.165) is 34.9 Å². The lowest BCUT2D eigenvalue weighted by Gasteiger charge is -2.09.